The van der Waals surface area contributed by atoms with Crippen molar-refractivity contribution in [2.75, 3.05) is 0 Å². The standard InChI is InChI=1S/C14H12N2O2S/c1-2-10-5-3-4-6-12(10)18-13-11(9-17)16-7-8-19-14(16)15-13/h3-9H,2H2,1H3. The average molecular weight is 272 g/mol. The molecule has 0 N–H and O–H groups in total. The third-order valence-corrected chi connectivity index (χ3v) is 3.69. The summed E-state index contributed by atoms with van der Waals surface area (Å²) < 4.78 is 7.55. The second kappa shape index (κ2) is 4.85. The van der Waals surface area contributed by atoms with Gasteiger partial charge >= 0.3 is 0 Å². The van der Waals surface area contributed by atoms with Crippen LogP contribution in [0, 0.1) is 0 Å². The molecule has 3 aromatic rings. The Bertz CT molecular complexity index is 730. The molecule has 1 aromatic carbocycles. The van der Waals surface area contributed by atoms with Gasteiger partial charge in [-0.3, -0.25) is 9.20 Å². The van der Waals surface area contributed by atoms with Gasteiger partial charge in [-0.05, 0) is 18.1 Å². The third kappa shape index (κ3) is 2.02. The molecule has 5 heteroatoms. The molecular weight excluding hydrogens is 260 g/mol. The lowest BCUT2D eigenvalue weighted by atomic mass is 10.1. The Morgan fingerprint density at radius 2 is 2.26 bits per heavy atom. The highest BCUT2D eigenvalue weighted by Crippen LogP contribution is 2.29. The molecule has 0 unspecified atom stereocenters. The van der Waals surface area contributed by atoms with Crippen molar-refractivity contribution < 1.29 is 9.53 Å². The van der Waals surface area contributed by atoms with E-state index in [1.807, 2.05) is 35.8 Å². The van der Waals surface area contributed by atoms with E-state index >= 15 is 0 Å². The number of hydrogen-bond acceptors (Lipinski definition) is 4. The van der Waals surface area contributed by atoms with E-state index in [0.29, 0.717) is 11.6 Å². The Morgan fingerprint density at radius 1 is 1.42 bits per heavy atom. The number of hydrogen-bond donors (Lipinski definition) is 0. The molecule has 0 amide bonds. The second-order valence-corrected chi connectivity index (χ2v) is 4.91. The number of nitrogens with zero attached hydrogens (tertiary/aromatic N) is 2. The van der Waals surface area contributed by atoms with Gasteiger partial charge in [0.15, 0.2) is 16.9 Å². The molecule has 0 aliphatic heterocycles. The van der Waals surface area contributed by atoms with Crippen LogP contribution in [-0.2, 0) is 6.42 Å². The fraction of sp³-hybridized carbons (Fsp3) is 0.143. The number of thiazole rings is 1. The Kier molecular flexibility index (Phi) is 3.05. The maximum Gasteiger partial charge on any atom is 0.250 e. The first kappa shape index (κ1) is 11.9. The zero-order valence-electron chi connectivity index (χ0n) is 10.4. The first-order chi connectivity index (χ1) is 9.33. The lowest BCUT2D eigenvalue weighted by Crippen LogP contribution is -1.94. The van der Waals surface area contributed by atoms with Gasteiger partial charge in [-0.1, -0.05) is 25.1 Å². The van der Waals surface area contributed by atoms with Crippen molar-refractivity contribution in [2.45, 2.75) is 13.3 Å². The first-order valence-corrected chi connectivity index (χ1v) is 6.88. The van der Waals surface area contributed by atoms with E-state index in [-0.39, 0.29) is 0 Å². The summed E-state index contributed by atoms with van der Waals surface area (Å²) in [5.41, 5.74) is 1.54. The molecule has 3 rings (SSSR count). The predicted molar refractivity (Wildman–Crippen MR) is 74.4 cm³/mol. The summed E-state index contributed by atoms with van der Waals surface area (Å²) in [5.74, 6) is 1.11. The van der Waals surface area contributed by atoms with Gasteiger partial charge in [-0.15, -0.1) is 11.3 Å². The minimum Gasteiger partial charge on any atom is -0.437 e. The summed E-state index contributed by atoms with van der Waals surface area (Å²) >= 11 is 1.47. The number of carbonyl (C=O) groups is 1. The minimum absolute atomic E-state index is 0.364. The van der Waals surface area contributed by atoms with Crippen molar-refractivity contribution in [3.05, 3.63) is 47.1 Å². The highest BCUT2D eigenvalue weighted by Gasteiger charge is 2.15. The molecule has 0 bridgehead atoms. The summed E-state index contributed by atoms with van der Waals surface area (Å²) in [6.07, 6.45) is 3.46. The van der Waals surface area contributed by atoms with Crippen molar-refractivity contribution in [2.24, 2.45) is 0 Å². The van der Waals surface area contributed by atoms with Crippen molar-refractivity contribution in [1.29, 1.82) is 0 Å². The van der Waals surface area contributed by atoms with Crippen LogP contribution < -0.4 is 4.74 Å². The number of imidazole rings is 1. The Morgan fingerprint density at radius 3 is 3.05 bits per heavy atom. The molecule has 96 valence electrons. The fourth-order valence-corrected chi connectivity index (χ4v) is 2.68. The molecular formula is C14H12N2O2S. The molecule has 2 aromatic heterocycles. The largest absolute Gasteiger partial charge is 0.437 e. The van der Waals surface area contributed by atoms with E-state index in [2.05, 4.69) is 11.9 Å². The first-order valence-electron chi connectivity index (χ1n) is 6.00. The molecule has 2 heterocycles. The summed E-state index contributed by atoms with van der Waals surface area (Å²) in [7, 11) is 0. The molecule has 0 atom stereocenters. The number of para-hydroxylation sites is 1. The number of rotatable bonds is 4. The Hall–Kier alpha value is -2.14. The van der Waals surface area contributed by atoms with Gasteiger partial charge < -0.3 is 4.74 Å². The van der Waals surface area contributed by atoms with E-state index < -0.39 is 0 Å². The summed E-state index contributed by atoms with van der Waals surface area (Å²) in [5, 5.41) is 1.89. The van der Waals surface area contributed by atoms with Crippen molar-refractivity contribution in [3.8, 4) is 11.6 Å². The average Bonchev–Trinajstić information content (AvgIpc) is 2.99. The fourth-order valence-electron chi connectivity index (χ4n) is 1.97. The monoisotopic (exact) mass is 272 g/mol. The number of fused-ring (bicyclic) bond motifs is 1. The topological polar surface area (TPSA) is 43.6 Å². The van der Waals surface area contributed by atoms with Gasteiger partial charge in [-0.2, -0.15) is 4.98 Å². The van der Waals surface area contributed by atoms with E-state index in [0.717, 1.165) is 29.0 Å². The highest BCUT2D eigenvalue weighted by molar-refractivity contribution is 7.15. The van der Waals surface area contributed by atoms with Crippen molar-refractivity contribution in [3.63, 3.8) is 0 Å². The van der Waals surface area contributed by atoms with Crippen LogP contribution in [0.15, 0.2) is 35.8 Å². The van der Waals surface area contributed by atoms with Gasteiger partial charge in [-0.25, -0.2) is 0 Å². The van der Waals surface area contributed by atoms with Gasteiger partial charge in [0.05, 0.1) is 0 Å². The highest BCUT2D eigenvalue weighted by atomic mass is 32.1. The lowest BCUT2D eigenvalue weighted by Gasteiger charge is -2.07. The quantitative estimate of drug-likeness (QED) is 0.682. The zero-order chi connectivity index (χ0) is 13.2. The van der Waals surface area contributed by atoms with Crippen molar-refractivity contribution >= 4 is 22.6 Å². The number of benzene rings is 1. The van der Waals surface area contributed by atoms with Crippen LogP contribution in [0.2, 0.25) is 0 Å². The van der Waals surface area contributed by atoms with Crippen LogP contribution >= 0.6 is 11.3 Å². The third-order valence-electron chi connectivity index (χ3n) is 2.94. The van der Waals surface area contributed by atoms with Crippen LogP contribution in [0.4, 0.5) is 0 Å². The number of carbonyl (C=O) groups excluding carboxylic acids is 1. The minimum atomic E-state index is 0.364. The van der Waals surface area contributed by atoms with Crippen LogP contribution in [-0.4, -0.2) is 15.7 Å². The van der Waals surface area contributed by atoms with Gasteiger partial charge in [0.25, 0.3) is 0 Å². The number of ether oxygens (including phenoxy) is 1. The molecule has 0 saturated carbocycles. The van der Waals surface area contributed by atoms with Crippen LogP contribution in [0.3, 0.4) is 0 Å². The molecule has 0 aliphatic rings. The van der Waals surface area contributed by atoms with Gasteiger partial charge in [0, 0.05) is 11.6 Å². The van der Waals surface area contributed by atoms with E-state index in [1.165, 1.54) is 11.3 Å². The van der Waals surface area contributed by atoms with Crippen LogP contribution in [0.1, 0.15) is 23.0 Å². The molecule has 0 radical (unpaired) electrons. The Balaban J connectivity index is 2.05. The van der Waals surface area contributed by atoms with E-state index in [4.69, 9.17) is 4.74 Å². The summed E-state index contributed by atoms with van der Waals surface area (Å²) in [6, 6.07) is 7.78. The number of aldehydes is 1. The normalized spacial score (nSPS) is 10.8. The maximum absolute atomic E-state index is 11.2. The van der Waals surface area contributed by atoms with Gasteiger partial charge in [0.1, 0.15) is 5.75 Å². The van der Waals surface area contributed by atoms with Crippen LogP contribution in [0.5, 0.6) is 11.6 Å². The maximum atomic E-state index is 11.2. The predicted octanol–water partition coefficient (Wildman–Crippen LogP) is 3.56. The van der Waals surface area contributed by atoms with Gasteiger partial charge in [0.2, 0.25) is 5.88 Å². The van der Waals surface area contributed by atoms with Crippen LogP contribution in [0.25, 0.3) is 4.96 Å². The van der Waals surface area contributed by atoms with E-state index in [1.54, 1.807) is 4.40 Å². The second-order valence-electron chi connectivity index (χ2n) is 4.04. The number of aromatic nitrogens is 2. The Labute approximate surface area is 114 Å². The molecule has 0 fully saturated rings. The summed E-state index contributed by atoms with van der Waals surface area (Å²) in [4.78, 5) is 16.3. The molecule has 0 spiro atoms. The summed E-state index contributed by atoms with van der Waals surface area (Å²) in [6.45, 7) is 2.06. The molecule has 0 aliphatic carbocycles. The molecule has 19 heavy (non-hydrogen) atoms. The lowest BCUT2D eigenvalue weighted by molar-refractivity contribution is 0.111. The molecule has 0 saturated heterocycles. The smallest absolute Gasteiger partial charge is 0.250 e. The molecule has 4 nitrogen and oxygen atoms in total. The number of aryl methyl sites for hydroxylation is 1. The zero-order valence-corrected chi connectivity index (χ0v) is 11.2. The van der Waals surface area contributed by atoms with Crippen molar-refractivity contribution in [1.82, 2.24) is 9.38 Å². The van der Waals surface area contributed by atoms with E-state index in [9.17, 15) is 4.79 Å². The SMILES string of the molecule is CCc1ccccc1Oc1nc2sccn2c1C=O.